The van der Waals surface area contributed by atoms with Crippen LogP contribution in [0, 0.1) is 0 Å². The Labute approximate surface area is 227 Å². The van der Waals surface area contributed by atoms with Crippen LogP contribution in [0.1, 0.15) is 37.7 Å². The Morgan fingerprint density at radius 2 is 1.62 bits per heavy atom. The molecular weight excluding hydrogens is 531 g/mol. The third-order valence-electron chi connectivity index (χ3n) is 6.21. The first-order valence-electron chi connectivity index (χ1n) is 11.8. The molecule has 194 valence electrons. The molecular formula is C28H28Cl2N2O4S. The molecule has 37 heavy (non-hydrogen) atoms. The monoisotopic (exact) mass is 558 g/mol. The van der Waals surface area contributed by atoms with Crippen molar-refractivity contribution in [2.24, 2.45) is 7.05 Å². The number of imidazole rings is 1. The lowest BCUT2D eigenvalue weighted by Crippen LogP contribution is -2.29. The van der Waals surface area contributed by atoms with Gasteiger partial charge in [-0.2, -0.15) is 0 Å². The van der Waals surface area contributed by atoms with Crippen molar-refractivity contribution in [1.82, 2.24) is 9.55 Å². The van der Waals surface area contributed by atoms with E-state index >= 15 is 0 Å². The van der Waals surface area contributed by atoms with Crippen molar-refractivity contribution in [3.8, 4) is 5.75 Å². The van der Waals surface area contributed by atoms with Crippen LogP contribution in [0.15, 0.2) is 65.6 Å². The third-order valence-corrected chi connectivity index (χ3v) is 8.49. The Morgan fingerprint density at radius 1 is 0.973 bits per heavy atom. The van der Waals surface area contributed by atoms with Crippen LogP contribution in [-0.4, -0.2) is 29.5 Å². The maximum atomic E-state index is 12.8. The molecule has 0 N–H and O–H groups in total. The highest BCUT2D eigenvalue weighted by Crippen LogP contribution is 2.35. The molecule has 0 aliphatic carbocycles. The van der Waals surface area contributed by atoms with Crippen LogP contribution in [0.3, 0.4) is 0 Å². The molecule has 1 heterocycles. The second-order valence-electron chi connectivity index (χ2n) is 9.44. The zero-order chi connectivity index (χ0) is 27.0. The lowest BCUT2D eigenvalue weighted by Gasteiger charge is -2.26. The molecule has 0 unspecified atom stereocenters. The quantitative estimate of drug-likeness (QED) is 0.239. The van der Waals surface area contributed by atoms with Gasteiger partial charge in [0.15, 0.2) is 21.3 Å². The highest BCUT2D eigenvalue weighted by molar-refractivity contribution is 7.91. The van der Waals surface area contributed by atoms with E-state index in [-0.39, 0.29) is 29.3 Å². The standard InChI is InChI=1S/C28H28Cl2N2O4S/c1-5-37(34,35)22-10-6-18(7-11-22)14-21(33)15-19-8-12-25-24(16-19)31-27(32(25)4)28(2,3)36-26-13-9-20(29)17-23(26)30/h6-13,16-17H,5,14-15H2,1-4H3. The van der Waals surface area contributed by atoms with E-state index < -0.39 is 15.4 Å². The van der Waals surface area contributed by atoms with Gasteiger partial charge in [-0.25, -0.2) is 13.4 Å². The van der Waals surface area contributed by atoms with Gasteiger partial charge < -0.3 is 9.30 Å². The molecule has 0 bridgehead atoms. The highest BCUT2D eigenvalue weighted by atomic mass is 35.5. The molecule has 4 rings (SSSR count). The number of ether oxygens (including phenoxy) is 1. The summed E-state index contributed by atoms with van der Waals surface area (Å²) in [5.74, 6) is 1.29. The number of fused-ring (bicyclic) bond motifs is 1. The molecule has 9 heteroatoms. The number of nitrogens with zero attached hydrogens (tertiary/aromatic N) is 2. The molecule has 0 saturated carbocycles. The Morgan fingerprint density at radius 3 is 2.27 bits per heavy atom. The van der Waals surface area contributed by atoms with Crippen LogP contribution < -0.4 is 4.74 Å². The molecule has 0 aliphatic rings. The van der Waals surface area contributed by atoms with Gasteiger partial charge in [0.2, 0.25) is 0 Å². The molecule has 0 spiro atoms. The van der Waals surface area contributed by atoms with E-state index in [9.17, 15) is 13.2 Å². The van der Waals surface area contributed by atoms with Crippen molar-refractivity contribution in [3.05, 3.63) is 87.7 Å². The average Bonchev–Trinajstić information content (AvgIpc) is 3.18. The van der Waals surface area contributed by atoms with Crippen LogP contribution >= 0.6 is 23.2 Å². The van der Waals surface area contributed by atoms with Gasteiger partial charge in [0.05, 0.1) is 26.7 Å². The number of benzene rings is 3. The minimum absolute atomic E-state index is 0.0302. The second kappa shape index (κ2) is 10.5. The largest absolute Gasteiger partial charge is 0.478 e. The summed E-state index contributed by atoms with van der Waals surface area (Å²) in [6.45, 7) is 5.44. The van der Waals surface area contributed by atoms with E-state index in [1.165, 1.54) is 0 Å². The molecule has 0 atom stereocenters. The van der Waals surface area contributed by atoms with Crippen LogP contribution in [0.25, 0.3) is 11.0 Å². The number of aryl methyl sites for hydroxylation is 1. The Bertz CT molecular complexity index is 1580. The van der Waals surface area contributed by atoms with E-state index in [0.29, 0.717) is 21.6 Å². The fourth-order valence-corrected chi connectivity index (χ4v) is 5.60. The summed E-state index contributed by atoms with van der Waals surface area (Å²) in [6, 6.07) is 17.4. The van der Waals surface area contributed by atoms with Crippen molar-refractivity contribution in [1.29, 1.82) is 0 Å². The predicted molar refractivity (Wildman–Crippen MR) is 147 cm³/mol. The van der Waals surface area contributed by atoms with Crippen LogP contribution in [0.4, 0.5) is 0 Å². The van der Waals surface area contributed by atoms with Gasteiger partial charge in [0.1, 0.15) is 11.5 Å². The van der Waals surface area contributed by atoms with E-state index in [2.05, 4.69) is 0 Å². The van der Waals surface area contributed by atoms with Gasteiger partial charge in [-0.05, 0) is 67.4 Å². The smallest absolute Gasteiger partial charge is 0.178 e. The Hall–Kier alpha value is -2.87. The summed E-state index contributed by atoms with van der Waals surface area (Å²) in [4.78, 5) is 17.9. The third kappa shape index (κ3) is 6.00. The molecule has 4 aromatic rings. The molecule has 0 fully saturated rings. The topological polar surface area (TPSA) is 78.3 Å². The number of aromatic nitrogens is 2. The predicted octanol–water partition coefficient (Wildman–Crippen LogP) is 6.34. The number of hydrogen-bond donors (Lipinski definition) is 0. The Balaban J connectivity index is 1.51. The number of hydrogen-bond acceptors (Lipinski definition) is 5. The van der Waals surface area contributed by atoms with Gasteiger partial charge in [0, 0.05) is 24.9 Å². The lowest BCUT2D eigenvalue weighted by atomic mass is 10.0. The molecule has 0 saturated heterocycles. The zero-order valence-corrected chi connectivity index (χ0v) is 23.4. The Kier molecular flexibility index (Phi) is 7.70. The maximum absolute atomic E-state index is 12.8. The first-order valence-corrected chi connectivity index (χ1v) is 14.2. The number of sulfone groups is 1. The summed E-state index contributed by atoms with van der Waals surface area (Å²) in [6.07, 6.45) is 0.470. The minimum Gasteiger partial charge on any atom is -0.478 e. The van der Waals surface area contributed by atoms with Crippen molar-refractivity contribution >= 4 is 49.9 Å². The minimum atomic E-state index is -3.26. The van der Waals surface area contributed by atoms with Crippen molar-refractivity contribution < 1.29 is 17.9 Å². The van der Waals surface area contributed by atoms with E-state index in [4.69, 9.17) is 32.9 Å². The summed E-state index contributed by atoms with van der Waals surface area (Å²) >= 11 is 12.3. The fraction of sp³-hybridized carbons (Fsp3) is 0.286. The normalized spacial score (nSPS) is 12.2. The highest BCUT2D eigenvalue weighted by Gasteiger charge is 2.30. The van der Waals surface area contributed by atoms with Crippen LogP contribution in [0.5, 0.6) is 5.75 Å². The maximum Gasteiger partial charge on any atom is 0.178 e. The van der Waals surface area contributed by atoms with E-state index in [1.807, 2.05) is 43.7 Å². The second-order valence-corrected chi connectivity index (χ2v) is 12.6. The molecule has 3 aromatic carbocycles. The van der Waals surface area contributed by atoms with Crippen LogP contribution in [-0.2, 0) is 40.1 Å². The average molecular weight is 560 g/mol. The van der Waals surface area contributed by atoms with Gasteiger partial charge in [-0.3, -0.25) is 4.79 Å². The summed E-state index contributed by atoms with van der Waals surface area (Å²) in [7, 11) is -1.34. The zero-order valence-electron chi connectivity index (χ0n) is 21.1. The molecule has 6 nitrogen and oxygen atoms in total. The number of carbonyl (C=O) groups excluding carboxylic acids is 1. The fourth-order valence-electron chi connectivity index (χ4n) is 4.27. The van der Waals surface area contributed by atoms with Gasteiger partial charge >= 0.3 is 0 Å². The van der Waals surface area contributed by atoms with Crippen molar-refractivity contribution in [3.63, 3.8) is 0 Å². The van der Waals surface area contributed by atoms with Gasteiger partial charge in [-0.1, -0.05) is 48.3 Å². The number of Topliss-reactive ketones (excluding diaryl/α,β-unsaturated/α-hetero) is 1. The summed E-state index contributed by atoms with van der Waals surface area (Å²) in [5.41, 5.74) is 2.51. The number of rotatable bonds is 9. The number of ketones is 1. The van der Waals surface area contributed by atoms with Crippen LogP contribution in [0.2, 0.25) is 10.0 Å². The van der Waals surface area contributed by atoms with E-state index in [1.54, 1.807) is 49.4 Å². The molecule has 0 aliphatic heterocycles. The first kappa shape index (κ1) is 27.2. The summed E-state index contributed by atoms with van der Waals surface area (Å²) < 4.78 is 32.2. The lowest BCUT2D eigenvalue weighted by molar-refractivity contribution is -0.117. The SMILES string of the molecule is CCS(=O)(=O)c1ccc(CC(=O)Cc2ccc3c(c2)nc(C(C)(C)Oc2ccc(Cl)cc2Cl)n3C)cc1. The van der Waals surface area contributed by atoms with Crippen molar-refractivity contribution in [2.75, 3.05) is 5.75 Å². The first-order chi connectivity index (χ1) is 17.4. The van der Waals surface area contributed by atoms with Gasteiger partial charge in [0.25, 0.3) is 0 Å². The molecule has 1 aromatic heterocycles. The van der Waals surface area contributed by atoms with Crippen molar-refractivity contribution in [2.45, 2.75) is 44.1 Å². The molecule has 0 amide bonds. The summed E-state index contributed by atoms with van der Waals surface area (Å²) in [5, 5.41) is 0.947. The van der Waals surface area contributed by atoms with E-state index in [0.717, 1.165) is 22.2 Å². The van der Waals surface area contributed by atoms with Gasteiger partial charge in [-0.15, -0.1) is 0 Å². The molecule has 0 radical (unpaired) electrons. The number of halogens is 2. The number of carbonyl (C=O) groups is 1.